The molecule has 2 aromatic rings. The van der Waals surface area contributed by atoms with E-state index in [1.165, 1.54) is 12.1 Å². The van der Waals surface area contributed by atoms with Crippen LogP contribution < -0.4 is 15.4 Å². The van der Waals surface area contributed by atoms with E-state index in [0.29, 0.717) is 31.5 Å². The Morgan fingerprint density at radius 3 is 2.44 bits per heavy atom. The number of ether oxygens (including phenoxy) is 1. The van der Waals surface area contributed by atoms with Crippen LogP contribution in [0.25, 0.3) is 0 Å². The highest BCUT2D eigenvalue weighted by Crippen LogP contribution is 2.19. The molecular weight excluding hydrogens is 361 g/mol. The summed E-state index contributed by atoms with van der Waals surface area (Å²) >= 11 is 0. The summed E-state index contributed by atoms with van der Waals surface area (Å²) < 4.78 is 46.7. The minimum Gasteiger partial charge on any atom is -0.484 e. The number of halogens is 3. The molecule has 2 rings (SSSR count). The molecule has 0 aliphatic rings. The van der Waals surface area contributed by atoms with E-state index >= 15 is 0 Å². The predicted molar refractivity (Wildman–Crippen MR) is 95.6 cm³/mol. The minimum atomic E-state index is -4.35. The molecule has 0 unspecified atom stereocenters. The van der Waals surface area contributed by atoms with Gasteiger partial charge < -0.3 is 19.8 Å². The van der Waals surface area contributed by atoms with Crippen molar-refractivity contribution in [2.75, 3.05) is 13.2 Å². The molecule has 148 valence electrons. The molecule has 1 aromatic heterocycles. The maximum atomic E-state index is 12.2. The molecule has 27 heavy (non-hydrogen) atoms. The van der Waals surface area contributed by atoms with Crippen LogP contribution >= 0.6 is 0 Å². The third-order valence-electron chi connectivity index (χ3n) is 3.57. The van der Waals surface area contributed by atoms with Gasteiger partial charge in [0, 0.05) is 6.54 Å². The van der Waals surface area contributed by atoms with Gasteiger partial charge in [0.15, 0.2) is 12.6 Å². The van der Waals surface area contributed by atoms with Crippen molar-refractivity contribution in [3.05, 3.63) is 47.2 Å². The van der Waals surface area contributed by atoms with Crippen molar-refractivity contribution >= 4 is 5.96 Å². The lowest BCUT2D eigenvalue weighted by atomic mass is 10.2. The van der Waals surface area contributed by atoms with E-state index in [4.69, 9.17) is 4.42 Å². The van der Waals surface area contributed by atoms with E-state index in [0.717, 1.165) is 17.0 Å². The molecule has 9 heteroatoms. The molecule has 0 saturated heterocycles. The van der Waals surface area contributed by atoms with Crippen LogP contribution in [-0.2, 0) is 13.1 Å². The highest BCUT2D eigenvalue weighted by Gasteiger charge is 2.28. The number of nitrogens with one attached hydrogen (secondary N) is 2. The average Bonchev–Trinajstić information content (AvgIpc) is 2.94. The Hall–Kier alpha value is -2.71. The Bertz CT molecular complexity index is 735. The number of hydrogen-bond donors (Lipinski definition) is 2. The number of nitrogens with zero attached hydrogens (tertiary/aromatic N) is 2. The van der Waals surface area contributed by atoms with Gasteiger partial charge in [-0.1, -0.05) is 12.1 Å². The summed E-state index contributed by atoms with van der Waals surface area (Å²) in [6.07, 6.45) is -4.35. The molecule has 6 nitrogen and oxygen atoms in total. The molecule has 0 spiro atoms. The van der Waals surface area contributed by atoms with Crippen LogP contribution in [0.15, 0.2) is 33.7 Å². The number of aromatic nitrogens is 1. The third kappa shape index (κ3) is 7.20. The summed E-state index contributed by atoms with van der Waals surface area (Å²) in [4.78, 5) is 8.75. The maximum absolute atomic E-state index is 12.2. The second-order valence-electron chi connectivity index (χ2n) is 5.85. The van der Waals surface area contributed by atoms with Gasteiger partial charge in [-0.25, -0.2) is 9.98 Å². The van der Waals surface area contributed by atoms with Crippen molar-refractivity contribution in [3.63, 3.8) is 0 Å². The molecule has 0 aliphatic carbocycles. The predicted octanol–water partition coefficient (Wildman–Crippen LogP) is 3.49. The van der Waals surface area contributed by atoms with Crippen LogP contribution in [0.3, 0.4) is 0 Å². The Morgan fingerprint density at radius 2 is 1.89 bits per heavy atom. The van der Waals surface area contributed by atoms with Crippen LogP contribution in [0.5, 0.6) is 5.75 Å². The van der Waals surface area contributed by atoms with Crippen molar-refractivity contribution < 1.29 is 22.3 Å². The van der Waals surface area contributed by atoms with Gasteiger partial charge in [0.2, 0.25) is 5.89 Å². The molecule has 0 fully saturated rings. The topological polar surface area (TPSA) is 71.7 Å². The SMILES string of the molecule is CCNC(=NCc1ccc(OCC(F)(F)F)cc1)NCc1nc(C)c(C)o1. The van der Waals surface area contributed by atoms with Crippen LogP contribution in [0.1, 0.15) is 29.8 Å². The molecule has 0 atom stereocenters. The standard InChI is InChI=1S/C18H23F3N4O2/c1-4-22-17(24-10-16-25-12(2)13(3)27-16)23-9-14-5-7-15(8-6-14)26-11-18(19,20)21/h5-8H,4,9-11H2,1-3H3,(H2,22,23,24). The summed E-state index contributed by atoms with van der Waals surface area (Å²) in [7, 11) is 0. The van der Waals surface area contributed by atoms with Gasteiger partial charge in [0.05, 0.1) is 18.8 Å². The van der Waals surface area contributed by atoms with Gasteiger partial charge in [0.25, 0.3) is 0 Å². The second-order valence-corrected chi connectivity index (χ2v) is 5.85. The summed E-state index contributed by atoms with van der Waals surface area (Å²) in [5.41, 5.74) is 1.69. The number of hydrogen-bond acceptors (Lipinski definition) is 4. The first kappa shape index (κ1) is 20.6. The largest absolute Gasteiger partial charge is 0.484 e. The lowest BCUT2D eigenvalue weighted by Crippen LogP contribution is -2.36. The van der Waals surface area contributed by atoms with Crippen LogP contribution in [0.2, 0.25) is 0 Å². The molecule has 0 amide bonds. The molecule has 0 saturated carbocycles. The number of oxazole rings is 1. The molecule has 0 aliphatic heterocycles. The van der Waals surface area contributed by atoms with E-state index in [1.807, 2.05) is 20.8 Å². The molecule has 1 aromatic carbocycles. The molecule has 0 radical (unpaired) electrons. The highest BCUT2D eigenvalue weighted by atomic mass is 19.4. The molecular formula is C18H23F3N4O2. The maximum Gasteiger partial charge on any atom is 0.422 e. The van der Waals surface area contributed by atoms with E-state index in [2.05, 4.69) is 25.3 Å². The van der Waals surface area contributed by atoms with Gasteiger partial charge in [-0.2, -0.15) is 13.2 Å². The van der Waals surface area contributed by atoms with Crippen molar-refractivity contribution in [1.29, 1.82) is 0 Å². The Kier molecular flexibility index (Phi) is 7.09. The lowest BCUT2D eigenvalue weighted by molar-refractivity contribution is -0.153. The lowest BCUT2D eigenvalue weighted by Gasteiger charge is -2.11. The molecule has 1 heterocycles. The van der Waals surface area contributed by atoms with Crippen molar-refractivity contribution in [2.24, 2.45) is 4.99 Å². The Balaban J connectivity index is 1.91. The van der Waals surface area contributed by atoms with Gasteiger partial charge in [0.1, 0.15) is 11.5 Å². The first-order chi connectivity index (χ1) is 12.8. The average molecular weight is 384 g/mol. The Labute approximate surface area is 155 Å². The number of benzene rings is 1. The van der Waals surface area contributed by atoms with Crippen LogP contribution in [-0.4, -0.2) is 30.3 Å². The number of rotatable bonds is 7. The zero-order valence-electron chi connectivity index (χ0n) is 15.5. The zero-order valence-corrected chi connectivity index (χ0v) is 15.5. The highest BCUT2D eigenvalue weighted by molar-refractivity contribution is 5.79. The van der Waals surface area contributed by atoms with Gasteiger partial charge in [-0.05, 0) is 38.5 Å². The monoisotopic (exact) mass is 384 g/mol. The number of guanidine groups is 1. The van der Waals surface area contributed by atoms with Crippen LogP contribution in [0, 0.1) is 13.8 Å². The summed E-state index contributed by atoms with van der Waals surface area (Å²) in [6, 6.07) is 6.35. The Morgan fingerprint density at radius 1 is 1.19 bits per heavy atom. The van der Waals surface area contributed by atoms with Crippen LogP contribution in [0.4, 0.5) is 13.2 Å². The van der Waals surface area contributed by atoms with Gasteiger partial charge in [-0.3, -0.25) is 0 Å². The second kappa shape index (κ2) is 9.29. The minimum absolute atomic E-state index is 0.166. The first-order valence-electron chi connectivity index (χ1n) is 8.50. The number of aryl methyl sites for hydroxylation is 2. The van der Waals surface area contributed by atoms with Gasteiger partial charge >= 0.3 is 6.18 Å². The fraction of sp³-hybridized carbons (Fsp3) is 0.444. The summed E-state index contributed by atoms with van der Waals surface area (Å²) in [5.74, 6) is 2.10. The fourth-order valence-electron chi connectivity index (χ4n) is 2.14. The summed E-state index contributed by atoms with van der Waals surface area (Å²) in [6.45, 7) is 5.81. The smallest absolute Gasteiger partial charge is 0.422 e. The van der Waals surface area contributed by atoms with E-state index in [-0.39, 0.29) is 5.75 Å². The van der Waals surface area contributed by atoms with E-state index < -0.39 is 12.8 Å². The first-order valence-corrected chi connectivity index (χ1v) is 8.50. The quantitative estimate of drug-likeness (QED) is 0.565. The molecule has 0 bridgehead atoms. The third-order valence-corrected chi connectivity index (χ3v) is 3.57. The molecule has 2 N–H and O–H groups in total. The van der Waals surface area contributed by atoms with E-state index in [1.54, 1.807) is 12.1 Å². The number of aliphatic imine (C=N–C) groups is 1. The zero-order chi connectivity index (χ0) is 19.9. The van der Waals surface area contributed by atoms with Crippen molar-refractivity contribution in [3.8, 4) is 5.75 Å². The normalized spacial score (nSPS) is 12.1. The fourth-order valence-corrected chi connectivity index (χ4v) is 2.14. The van der Waals surface area contributed by atoms with Crippen molar-refractivity contribution in [2.45, 2.75) is 40.0 Å². The summed E-state index contributed by atoms with van der Waals surface area (Å²) in [5, 5.41) is 6.24. The van der Waals surface area contributed by atoms with Crippen molar-refractivity contribution in [1.82, 2.24) is 15.6 Å². The number of alkyl halides is 3. The van der Waals surface area contributed by atoms with Gasteiger partial charge in [-0.15, -0.1) is 0 Å². The van der Waals surface area contributed by atoms with E-state index in [9.17, 15) is 13.2 Å².